The highest BCUT2D eigenvalue weighted by atomic mass is 15.2. The van der Waals surface area contributed by atoms with Crippen molar-refractivity contribution >= 4 is 66.4 Å². The van der Waals surface area contributed by atoms with E-state index in [0.29, 0.717) is 0 Å². The lowest BCUT2D eigenvalue weighted by atomic mass is 9.73. The normalized spacial score (nSPS) is 14.2. The Bertz CT molecular complexity index is 4230. The molecule has 1 unspecified atom stereocenters. The zero-order chi connectivity index (χ0) is 54.1. The van der Waals surface area contributed by atoms with Gasteiger partial charge in [0.2, 0.25) is 0 Å². The lowest BCUT2D eigenvalue weighted by Crippen LogP contribution is -2.30. The maximum absolute atomic E-state index is 2.62. The summed E-state index contributed by atoms with van der Waals surface area (Å²) in [6, 6.07) is 88.0. The second-order valence-corrected chi connectivity index (χ2v) is 25.4. The lowest BCUT2D eigenvalue weighted by molar-refractivity contribution is 0.589. The Kier molecular flexibility index (Phi) is 11.0. The topological polar surface area (TPSA) is 6.48 Å². The molecule has 2 nitrogen and oxygen atoms in total. The standard InChI is InChI=1S/C77H66N2/c1-75(2,3)56-34-38-59(39-35-56)78-67-27-18-28-68-74(67)73(62-40-33-54(45-69(62)78)72-60(48-19-12-10-13-20-48)25-17-26-61(72)49-21-14-11-15-22-49)64-47-58(77(7,8)9)37-42-66(64)79(68)65-41-36-57(76(4,5)6)46-63(65)55-43-52-31-29-50-23-16-24-51-30-32-53(44-55)71(52)70(50)51/h10-47,73H,1-9H3. The van der Waals surface area contributed by atoms with E-state index < -0.39 is 0 Å². The molecule has 1 atom stereocenters. The summed E-state index contributed by atoms with van der Waals surface area (Å²) in [7, 11) is 0. The molecule has 2 heteroatoms. The average molecular weight is 1020 g/mol. The Morgan fingerprint density at radius 1 is 0.291 bits per heavy atom. The summed E-state index contributed by atoms with van der Waals surface area (Å²) >= 11 is 0. The number of hydrogen-bond donors (Lipinski definition) is 0. The quantitative estimate of drug-likeness (QED) is 0.153. The summed E-state index contributed by atoms with van der Waals surface area (Å²) in [5.41, 5.74) is 24.5. The van der Waals surface area contributed by atoms with Gasteiger partial charge in [0.05, 0.1) is 28.4 Å². The molecule has 12 aromatic rings. The Balaban J connectivity index is 1.04. The fourth-order valence-electron chi connectivity index (χ4n) is 13.1. The number of hydrogen-bond acceptors (Lipinski definition) is 2. The minimum absolute atomic E-state index is 0.00249. The van der Waals surface area contributed by atoms with Crippen LogP contribution in [0.2, 0.25) is 0 Å². The second-order valence-electron chi connectivity index (χ2n) is 25.4. The highest BCUT2D eigenvalue weighted by Crippen LogP contribution is 2.62. The van der Waals surface area contributed by atoms with Crippen LogP contribution in [0, 0.1) is 0 Å². The van der Waals surface area contributed by atoms with Gasteiger partial charge < -0.3 is 9.80 Å². The minimum atomic E-state index is -0.0830. The van der Waals surface area contributed by atoms with Gasteiger partial charge in [0.25, 0.3) is 0 Å². The fourth-order valence-corrected chi connectivity index (χ4v) is 13.1. The van der Waals surface area contributed by atoms with E-state index in [4.69, 9.17) is 0 Å². The van der Waals surface area contributed by atoms with Crippen LogP contribution in [-0.2, 0) is 16.2 Å². The van der Waals surface area contributed by atoms with Gasteiger partial charge in [0.15, 0.2) is 0 Å². The van der Waals surface area contributed by atoms with Gasteiger partial charge in [-0.2, -0.15) is 0 Å². The summed E-state index contributed by atoms with van der Waals surface area (Å²) in [6.45, 7) is 21.0. The van der Waals surface area contributed by atoms with Gasteiger partial charge in [-0.05, 0) is 176 Å². The molecular weight excluding hydrogens is 953 g/mol. The van der Waals surface area contributed by atoms with Crippen LogP contribution in [0.5, 0.6) is 0 Å². The summed E-state index contributed by atoms with van der Waals surface area (Å²) in [6.07, 6.45) is 0. The van der Waals surface area contributed by atoms with Crippen LogP contribution in [-0.4, -0.2) is 0 Å². The van der Waals surface area contributed by atoms with E-state index in [-0.39, 0.29) is 22.2 Å². The Hall–Kier alpha value is -8.72. The van der Waals surface area contributed by atoms with Crippen molar-refractivity contribution in [3.05, 3.63) is 264 Å². The molecule has 2 aliphatic rings. The van der Waals surface area contributed by atoms with Gasteiger partial charge >= 0.3 is 0 Å². The van der Waals surface area contributed by atoms with Crippen LogP contribution in [0.3, 0.4) is 0 Å². The predicted octanol–water partition coefficient (Wildman–Crippen LogP) is 21.9. The van der Waals surface area contributed by atoms with Gasteiger partial charge in [-0.25, -0.2) is 0 Å². The molecule has 0 aliphatic carbocycles. The van der Waals surface area contributed by atoms with Crippen molar-refractivity contribution < 1.29 is 0 Å². The van der Waals surface area contributed by atoms with Gasteiger partial charge in [-0.3, -0.25) is 0 Å². The molecule has 14 rings (SSSR count). The van der Waals surface area contributed by atoms with Crippen LogP contribution >= 0.6 is 0 Å². The first-order chi connectivity index (χ1) is 38.1. The smallest absolute Gasteiger partial charge is 0.0540 e. The largest absolute Gasteiger partial charge is 0.310 e. The fraction of sp³-hybridized carbons (Fsp3) is 0.169. The lowest BCUT2D eigenvalue weighted by Gasteiger charge is -2.46. The molecule has 0 bridgehead atoms. The number of rotatable bonds is 6. The van der Waals surface area contributed by atoms with E-state index in [1.54, 1.807) is 0 Å². The van der Waals surface area contributed by atoms with Crippen molar-refractivity contribution in [3.8, 4) is 44.5 Å². The molecule has 2 heterocycles. The SMILES string of the molecule is CC(C)(C)c1ccc(N2c3cc(-c4c(-c5ccccc5)cccc4-c4ccccc4)ccc3C3c4cc(C(C)(C)C)ccc4N(c4ccc(C(C)(C)C)cc4-c4cc5ccc6cccc7ccc(c4)c5c67)c4cccc2c43)cc1. The number of benzene rings is 12. The van der Waals surface area contributed by atoms with Crippen molar-refractivity contribution in [2.24, 2.45) is 0 Å². The summed E-state index contributed by atoms with van der Waals surface area (Å²) in [5, 5.41) is 7.78. The first kappa shape index (κ1) is 48.6. The number of anilines is 6. The molecule has 0 spiro atoms. The molecule has 0 amide bonds. The molecule has 0 aromatic heterocycles. The molecule has 0 saturated heterocycles. The number of fused-ring (bicyclic) bond motifs is 4. The maximum atomic E-state index is 2.62. The zero-order valence-corrected chi connectivity index (χ0v) is 46.9. The van der Waals surface area contributed by atoms with Crippen molar-refractivity contribution in [3.63, 3.8) is 0 Å². The average Bonchev–Trinajstić information content (AvgIpc) is 3.46. The van der Waals surface area contributed by atoms with E-state index in [0.717, 1.165) is 5.69 Å². The van der Waals surface area contributed by atoms with Crippen LogP contribution in [0.25, 0.3) is 76.8 Å². The molecule has 384 valence electrons. The monoisotopic (exact) mass is 1020 g/mol. The van der Waals surface area contributed by atoms with E-state index in [1.807, 2.05) is 0 Å². The van der Waals surface area contributed by atoms with E-state index in [1.165, 1.54) is 139 Å². The molecule has 2 aliphatic heterocycles. The molecule has 0 saturated carbocycles. The van der Waals surface area contributed by atoms with Crippen molar-refractivity contribution in [1.82, 2.24) is 0 Å². The Morgan fingerprint density at radius 3 is 1.39 bits per heavy atom. The van der Waals surface area contributed by atoms with Gasteiger partial charge in [-0.1, -0.05) is 232 Å². The highest BCUT2D eigenvalue weighted by Gasteiger charge is 2.42. The molecule has 0 radical (unpaired) electrons. The van der Waals surface area contributed by atoms with Crippen LogP contribution in [0.1, 0.15) is 102 Å². The third-order valence-corrected chi connectivity index (χ3v) is 17.3. The Morgan fingerprint density at radius 2 is 0.797 bits per heavy atom. The Labute approximate surface area is 466 Å². The van der Waals surface area contributed by atoms with Gasteiger partial charge in [0.1, 0.15) is 0 Å². The second kappa shape index (κ2) is 17.9. The van der Waals surface area contributed by atoms with E-state index in [2.05, 4.69) is 303 Å². The van der Waals surface area contributed by atoms with Crippen molar-refractivity contribution in [1.29, 1.82) is 0 Å². The number of nitrogens with zero attached hydrogens (tertiary/aromatic N) is 2. The summed E-state index contributed by atoms with van der Waals surface area (Å²) in [4.78, 5) is 5.19. The minimum Gasteiger partial charge on any atom is -0.310 e. The van der Waals surface area contributed by atoms with Gasteiger partial charge in [0, 0.05) is 22.7 Å². The first-order valence-corrected chi connectivity index (χ1v) is 28.3. The molecular formula is C77H66N2. The third-order valence-electron chi connectivity index (χ3n) is 17.3. The molecule has 79 heavy (non-hydrogen) atoms. The summed E-state index contributed by atoms with van der Waals surface area (Å²) < 4.78 is 0. The van der Waals surface area contributed by atoms with E-state index in [9.17, 15) is 0 Å². The third kappa shape index (κ3) is 7.98. The van der Waals surface area contributed by atoms with Crippen molar-refractivity contribution in [2.45, 2.75) is 84.5 Å². The highest BCUT2D eigenvalue weighted by molar-refractivity contribution is 6.24. The molecule has 0 fully saturated rings. The summed E-state index contributed by atoms with van der Waals surface area (Å²) in [5.74, 6) is -0.0538. The maximum Gasteiger partial charge on any atom is 0.0540 e. The predicted molar refractivity (Wildman–Crippen MR) is 338 cm³/mol. The van der Waals surface area contributed by atoms with E-state index >= 15 is 0 Å². The van der Waals surface area contributed by atoms with Crippen molar-refractivity contribution in [2.75, 3.05) is 9.80 Å². The zero-order valence-electron chi connectivity index (χ0n) is 46.9. The van der Waals surface area contributed by atoms with Crippen LogP contribution in [0.15, 0.2) is 231 Å². The molecule has 12 aromatic carbocycles. The first-order valence-electron chi connectivity index (χ1n) is 28.3. The van der Waals surface area contributed by atoms with Crippen LogP contribution in [0.4, 0.5) is 34.1 Å². The van der Waals surface area contributed by atoms with Gasteiger partial charge in [-0.15, -0.1) is 0 Å². The molecule has 0 N–H and O–H groups in total. The van der Waals surface area contributed by atoms with Crippen LogP contribution < -0.4 is 9.80 Å².